The van der Waals surface area contributed by atoms with Gasteiger partial charge in [-0.15, -0.1) is 11.3 Å². The summed E-state index contributed by atoms with van der Waals surface area (Å²) < 4.78 is 26.3. The van der Waals surface area contributed by atoms with Gasteiger partial charge in [-0.2, -0.15) is 0 Å². The fourth-order valence-electron chi connectivity index (χ4n) is 2.85. The maximum Gasteiger partial charge on any atom is 0.410 e. The molecule has 0 aliphatic rings. The Morgan fingerprint density at radius 1 is 1.10 bits per heavy atom. The Hall–Kier alpha value is -2.51. The molecule has 0 N–H and O–H groups in total. The summed E-state index contributed by atoms with van der Waals surface area (Å²) in [6, 6.07) is 16.4. The second-order valence-corrected chi connectivity index (χ2v) is 10.5. The summed E-state index contributed by atoms with van der Waals surface area (Å²) in [4.78, 5) is 15.8. The van der Waals surface area contributed by atoms with E-state index in [0.717, 1.165) is 25.3 Å². The lowest BCUT2D eigenvalue weighted by molar-refractivity contribution is 0.0287. The molecule has 0 aliphatic heterocycles. The Balaban J connectivity index is 1.92. The number of rotatable bonds is 6. The molecule has 7 heteroatoms. The minimum Gasteiger partial charge on any atom is -0.497 e. The fourth-order valence-corrected chi connectivity index (χ4v) is 5.40. The summed E-state index contributed by atoms with van der Waals surface area (Å²) in [5, 5.41) is 0. The van der Waals surface area contributed by atoms with E-state index in [1.54, 1.807) is 49.4 Å². The van der Waals surface area contributed by atoms with E-state index in [1.807, 2.05) is 57.2 Å². The summed E-state index contributed by atoms with van der Waals surface area (Å²) in [5.74, 6) is 0.485. The third kappa shape index (κ3) is 6.24. The summed E-state index contributed by atoms with van der Waals surface area (Å²) in [7, 11) is 3.33. The normalized spacial score (nSPS) is 11.3. The SMILES string of the molecule is COc1cccc(Sc2sc(CN(C)C(=O)OC(C)(C)C)cc2-c2ccccc2F)c1. The van der Waals surface area contributed by atoms with Gasteiger partial charge < -0.3 is 14.4 Å². The number of nitrogens with zero attached hydrogens (tertiary/aromatic N) is 1. The van der Waals surface area contributed by atoms with Crippen molar-refractivity contribution in [1.29, 1.82) is 0 Å². The molecule has 164 valence electrons. The van der Waals surface area contributed by atoms with Crippen molar-refractivity contribution in [3.8, 4) is 16.9 Å². The van der Waals surface area contributed by atoms with Gasteiger partial charge in [-0.1, -0.05) is 36.0 Å². The largest absolute Gasteiger partial charge is 0.497 e. The van der Waals surface area contributed by atoms with E-state index in [4.69, 9.17) is 9.47 Å². The van der Waals surface area contributed by atoms with Crippen molar-refractivity contribution in [2.45, 2.75) is 42.0 Å². The molecule has 2 aromatic carbocycles. The molecule has 31 heavy (non-hydrogen) atoms. The lowest BCUT2D eigenvalue weighted by Crippen LogP contribution is -2.33. The van der Waals surface area contributed by atoms with E-state index in [2.05, 4.69) is 0 Å². The zero-order valence-electron chi connectivity index (χ0n) is 18.3. The Kier molecular flexibility index (Phi) is 7.28. The predicted molar refractivity (Wildman–Crippen MR) is 125 cm³/mol. The van der Waals surface area contributed by atoms with Crippen LogP contribution in [0.4, 0.5) is 9.18 Å². The molecule has 3 aromatic rings. The number of hydrogen-bond acceptors (Lipinski definition) is 5. The van der Waals surface area contributed by atoms with E-state index in [1.165, 1.54) is 11.0 Å². The van der Waals surface area contributed by atoms with Crippen molar-refractivity contribution in [2.75, 3.05) is 14.2 Å². The number of thiophene rings is 1. The van der Waals surface area contributed by atoms with Gasteiger partial charge >= 0.3 is 6.09 Å². The Morgan fingerprint density at radius 3 is 2.52 bits per heavy atom. The minimum atomic E-state index is -0.563. The molecule has 0 saturated heterocycles. The first-order valence-electron chi connectivity index (χ1n) is 9.80. The molecule has 0 atom stereocenters. The quantitative estimate of drug-likeness (QED) is 0.395. The van der Waals surface area contributed by atoms with Crippen LogP contribution in [0, 0.1) is 5.82 Å². The van der Waals surface area contributed by atoms with Crippen LogP contribution in [0.1, 0.15) is 25.6 Å². The number of benzene rings is 2. The molecular formula is C24H26FNO3S2. The van der Waals surface area contributed by atoms with Crippen molar-refractivity contribution in [1.82, 2.24) is 4.90 Å². The van der Waals surface area contributed by atoms with Gasteiger partial charge in [0.15, 0.2) is 0 Å². The average Bonchev–Trinajstić information content (AvgIpc) is 3.09. The average molecular weight is 460 g/mol. The van der Waals surface area contributed by atoms with Crippen LogP contribution in [0.2, 0.25) is 0 Å². The molecular weight excluding hydrogens is 433 g/mol. The van der Waals surface area contributed by atoms with Gasteiger partial charge in [0.2, 0.25) is 0 Å². The molecule has 3 rings (SSSR count). The van der Waals surface area contributed by atoms with Crippen molar-refractivity contribution in [3.05, 3.63) is 65.3 Å². The zero-order chi connectivity index (χ0) is 22.6. The number of hydrogen-bond donors (Lipinski definition) is 0. The first-order valence-corrected chi connectivity index (χ1v) is 11.4. The van der Waals surface area contributed by atoms with E-state index >= 15 is 0 Å². The number of amides is 1. The van der Waals surface area contributed by atoms with Crippen molar-refractivity contribution >= 4 is 29.2 Å². The molecule has 4 nitrogen and oxygen atoms in total. The fraction of sp³-hybridized carbons (Fsp3) is 0.292. The summed E-state index contributed by atoms with van der Waals surface area (Å²) in [6.45, 7) is 5.88. The lowest BCUT2D eigenvalue weighted by Gasteiger charge is -2.24. The van der Waals surface area contributed by atoms with Crippen LogP contribution in [0.3, 0.4) is 0 Å². The highest BCUT2D eigenvalue weighted by molar-refractivity contribution is 8.01. The first-order chi connectivity index (χ1) is 14.7. The third-order valence-corrected chi connectivity index (χ3v) is 6.57. The van der Waals surface area contributed by atoms with Gasteiger partial charge in [0.1, 0.15) is 17.2 Å². The predicted octanol–water partition coefficient (Wildman–Crippen LogP) is 7.08. The molecule has 0 bridgehead atoms. The minimum absolute atomic E-state index is 0.278. The van der Waals surface area contributed by atoms with E-state index < -0.39 is 11.7 Å². The van der Waals surface area contributed by atoms with Gasteiger partial charge in [-0.05, 0) is 51.1 Å². The number of halogens is 1. The standard InChI is InChI=1S/C24H26FNO3S2/c1-24(2,3)29-23(27)26(4)15-18-14-20(19-11-6-7-12-21(19)25)22(31-18)30-17-10-8-9-16(13-17)28-5/h6-14H,15H2,1-5H3. The van der Waals surface area contributed by atoms with Gasteiger partial charge in [-0.25, -0.2) is 9.18 Å². The third-order valence-electron chi connectivity index (χ3n) is 4.26. The molecule has 1 amide bonds. The van der Waals surface area contributed by atoms with E-state index in [0.29, 0.717) is 12.1 Å². The van der Waals surface area contributed by atoms with Crippen LogP contribution in [0.5, 0.6) is 5.75 Å². The molecule has 0 aliphatic carbocycles. The molecule has 0 fully saturated rings. The Morgan fingerprint density at radius 2 is 1.84 bits per heavy atom. The highest BCUT2D eigenvalue weighted by Gasteiger charge is 2.22. The monoisotopic (exact) mass is 459 g/mol. The molecule has 0 unspecified atom stereocenters. The van der Waals surface area contributed by atoms with E-state index in [-0.39, 0.29) is 5.82 Å². The Bertz CT molecular complexity index is 1060. The number of methoxy groups -OCH3 is 1. The summed E-state index contributed by atoms with van der Waals surface area (Å²) >= 11 is 3.09. The Labute approximate surface area is 191 Å². The van der Waals surface area contributed by atoms with Crippen molar-refractivity contribution in [2.24, 2.45) is 0 Å². The zero-order valence-corrected chi connectivity index (χ0v) is 19.9. The van der Waals surface area contributed by atoms with Crippen LogP contribution in [-0.2, 0) is 11.3 Å². The highest BCUT2D eigenvalue weighted by Crippen LogP contribution is 2.43. The van der Waals surface area contributed by atoms with Gasteiger partial charge in [0.05, 0.1) is 17.9 Å². The van der Waals surface area contributed by atoms with Crippen molar-refractivity contribution in [3.63, 3.8) is 0 Å². The van der Waals surface area contributed by atoms with Crippen LogP contribution in [-0.4, -0.2) is 30.8 Å². The lowest BCUT2D eigenvalue weighted by atomic mass is 10.1. The number of carbonyl (C=O) groups is 1. The van der Waals surface area contributed by atoms with Crippen molar-refractivity contribution < 1.29 is 18.7 Å². The smallest absolute Gasteiger partial charge is 0.410 e. The maximum atomic E-state index is 14.6. The van der Waals surface area contributed by atoms with Crippen LogP contribution in [0.25, 0.3) is 11.1 Å². The topological polar surface area (TPSA) is 38.8 Å². The molecule has 0 spiro atoms. The number of ether oxygens (including phenoxy) is 2. The van der Waals surface area contributed by atoms with Crippen LogP contribution in [0.15, 0.2) is 63.7 Å². The van der Waals surface area contributed by atoms with Crippen LogP contribution < -0.4 is 4.74 Å². The molecule has 0 radical (unpaired) electrons. The molecule has 1 aromatic heterocycles. The van der Waals surface area contributed by atoms with E-state index in [9.17, 15) is 9.18 Å². The molecule has 0 saturated carbocycles. The summed E-state index contributed by atoms with van der Waals surface area (Å²) in [6.07, 6.45) is -0.393. The van der Waals surface area contributed by atoms with Gasteiger partial charge in [0.25, 0.3) is 0 Å². The van der Waals surface area contributed by atoms with Crippen LogP contribution >= 0.6 is 23.1 Å². The first kappa shape index (κ1) is 23.2. The van der Waals surface area contributed by atoms with Gasteiger partial charge in [0, 0.05) is 27.9 Å². The highest BCUT2D eigenvalue weighted by atomic mass is 32.2. The second kappa shape index (κ2) is 9.75. The summed E-state index contributed by atoms with van der Waals surface area (Å²) in [5.41, 5.74) is 0.783. The molecule has 1 heterocycles. The van der Waals surface area contributed by atoms with Gasteiger partial charge in [-0.3, -0.25) is 0 Å². The second-order valence-electron chi connectivity index (χ2n) is 8.01. The maximum absolute atomic E-state index is 14.6. The number of carbonyl (C=O) groups excluding carboxylic acids is 1.